The van der Waals surface area contributed by atoms with Crippen molar-refractivity contribution in [1.82, 2.24) is 15.0 Å². The molecule has 0 radical (unpaired) electrons. The number of carbonyl (C=O) groups excluding carboxylic acids is 1. The molecule has 0 aromatic carbocycles. The zero-order chi connectivity index (χ0) is 19.0. The molecule has 2 amide bonds. The number of hydrogen-bond acceptors (Lipinski definition) is 6. The van der Waals surface area contributed by atoms with E-state index in [0.717, 1.165) is 33.8 Å². The van der Waals surface area contributed by atoms with Crippen molar-refractivity contribution in [2.45, 2.75) is 32.6 Å². The first-order chi connectivity index (χ1) is 13.0. The highest BCUT2D eigenvalue weighted by Gasteiger charge is 2.30. The molecule has 0 atom stereocenters. The van der Waals surface area contributed by atoms with E-state index < -0.39 is 0 Å². The molecule has 1 fully saturated rings. The van der Waals surface area contributed by atoms with Crippen LogP contribution >= 0.6 is 22.9 Å². The highest BCUT2D eigenvalue weighted by atomic mass is 35.5. The molecule has 3 aromatic heterocycles. The van der Waals surface area contributed by atoms with Gasteiger partial charge in [0, 0.05) is 5.56 Å². The fraction of sp³-hybridized carbons (Fsp3) is 0.333. The summed E-state index contributed by atoms with van der Waals surface area (Å²) in [5, 5.41) is 6.94. The molecule has 1 aliphatic carbocycles. The van der Waals surface area contributed by atoms with E-state index in [9.17, 15) is 4.79 Å². The number of aromatic nitrogens is 3. The van der Waals surface area contributed by atoms with E-state index in [-0.39, 0.29) is 6.03 Å². The van der Waals surface area contributed by atoms with Crippen LogP contribution in [0.2, 0.25) is 5.02 Å². The van der Waals surface area contributed by atoms with Gasteiger partial charge in [-0.05, 0) is 38.7 Å². The Hall–Kier alpha value is -2.45. The van der Waals surface area contributed by atoms with Crippen LogP contribution in [0.15, 0.2) is 18.5 Å². The van der Waals surface area contributed by atoms with Crippen LogP contribution in [0.25, 0.3) is 10.3 Å². The largest absolute Gasteiger partial charge is 0.477 e. The highest BCUT2D eigenvalue weighted by Crippen LogP contribution is 2.46. The Balaban J connectivity index is 1.54. The lowest BCUT2D eigenvalue weighted by molar-refractivity contribution is 0.262. The number of ether oxygens (including phenoxy) is 1. The lowest BCUT2D eigenvalue weighted by atomic mass is 10.1. The lowest BCUT2D eigenvalue weighted by Gasteiger charge is -2.12. The smallest absolute Gasteiger partial charge is 0.323 e. The van der Waals surface area contributed by atoms with E-state index in [1.807, 2.05) is 13.8 Å². The number of thiazole rings is 1. The zero-order valence-electron chi connectivity index (χ0n) is 14.9. The Morgan fingerprint density at radius 1 is 1.33 bits per heavy atom. The topological polar surface area (TPSA) is 89.0 Å². The second-order valence-electron chi connectivity index (χ2n) is 6.27. The second kappa shape index (κ2) is 7.28. The van der Waals surface area contributed by atoms with Gasteiger partial charge in [0.05, 0.1) is 35.4 Å². The number of carbonyl (C=O) groups is 1. The summed E-state index contributed by atoms with van der Waals surface area (Å²) in [7, 11) is 0. The molecular weight excluding hydrogens is 386 g/mol. The minimum absolute atomic E-state index is 0.342. The molecule has 3 aromatic rings. The van der Waals surface area contributed by atoms with Gasteiger partial charge < -0.3 is 15.4 Å². The molecule has 7 nitrogen and oxygen atoms in total. The molecule has 27 heavy (non-hydrogen) atoms. The van der Waals surface area contributed by atoms with Gasteiger partial charge in [0.1, 0.15) is 15.4 Å². The first kappa shape index (κ1) is 17.9. The molecule has 0 aliphatic heterocycles. The molecule has 1 saturated carbocycles. The SMILES string of the molecule is CCOc1ncc(NC(=O)Nc2cnc3sc(C)nc3c2C2CC2)cc1Cl. The number of fused-ring (bicyclic) bond motifs is 1. The summed E-state index contributed by atoms with van der Waals surface area (Å²) in [4.78, 5) is 26.5. The number of nitrogens with one attached hydrogen (secondary N) is 2. The van der Waals surface area contributed by atoms with E-state index in [1.54, 1.807) is 23.6 Å². The van der Waals surface area contributed by atoms with Gasteiger partial charge in [-0.1, -0.05) is 22.9 Å². The Morgan fingerprint density at radius 3 is 2.85 bits per heavy atom. The van der Waals surface area contributed by atoms with Crippen molar-refractivity contribution >= 4 is 50.7 Å². The minimum atomic E-state index is -0.382. The predicted molar refractivity (Wildman–Crippen MR) is 107 cm³/mol. The quantitative estimate of drug-likeness (QED) is 0.627. The Bertz CT molecular complexity index is 1020. The minimum Gasteiger partial charge on any atom is -0.477 e. The number of halogens is 1. The van der Waals surface area contributed by atoms with Crippen LogP contribution in [-0.4, -0.2) is 27.6 Å². The second-order valence-corrected chi connectivity index (χ2v) is 7.86. The molecule has 3 heterocycles. The number of pyridine rings is 2. The Labute approximate surface area is 165 Å². The van der Waals surface area contributed by atoms with Crippen LogP contribution in [0.5, 0.6) is 5.88 Å². The van der Waals surface area contributed by atoms with Gasteiger partial charge in [-0.3, -0.25) is 0 Å². The van der Waals surface area contributed by atoms with Crippen LogP contribution in [0.1, 0.15) is 36.3 Å². The summed E-state index contributed by atoms with van der Waals surface area (Å²) in [5.41, 5.74) is 3.14. The average molecular weight is 404 g/mol. The van der Waals surface area contributed by atoms with E-state index >= 15 is 0 Å². The van der Waals surface area contributed by atoms with Crippen molar-refractivity contribution in [3.8, 4) is 5.88 Å². The number of rotatable bonds is 5. The molecule has 140 valence electrons. The van der Waals surface area contributed by atoms with Crippen molar-refractivity contribution in [1.29, 1.82) is 0 Å². The van der Waals surface area contributed by atoms with E-state index in [4.69, 9.17) is 16.3 Å². The maximum atomic E-state index is 12.5. The molecule has 2 N–H and O–H groups in total. The fourth-order valence-corrected chi connectivity index (χ4v) is 3.90. The first-order valence-electron chi connectivity index (χ1n) is 8.67. The number of anilines is 2. The van der Waals surface area contributed by atoms with Gasteiger partial charge in [-0.15, -0.1) is 0 Å². The van der Waals surface area contributed by atoms with Crippen LogP contribution in [0.4, 0.5) is 16.2 Å². The monoisotopic (exact) mass is 403 g/mol. The van der Waals surface area contributed by atoms with Crippen molar-refractivity contribution in [3.63, 3.8) is 0 Å². The number of nitrogens with zero attached hydrogens (tertiary/aromatic N) is 3. The molecule has 0 bridgehead atoms. The van der Waals surface area contributed by atoms with Gasteiger partial charge in [-0.2, -0.15) is 0 Å². The normalized spacial score (nSPS) is 13.6. The highest BCUT2D eigenvalue weighted by molar-refractivity contribution is 7.18. The summed E-state index contributed by atoms with van der Waals surface area (Å²) in [5.74, 6) is 0.767. The van der Waals surface area contributed by atoms with Gasteiger partial charge in [0.25, 0.3) is 0 Å². The van der Waals surface area contributed by atoms with Gasteiger partial charge >= 0.3 is 6.03 Å². The van der Waals surface area contributed by atoms with Crippen LogP contribution in [-0.2, 0) is 0 Å². The van der Waals surface area contributed by atoms with Crippen molar-refractivity contribution in [3.05, 3.63) is 34.1 Å². The Morgan fingerprint density at radius 2 is 2.15 bits per heavy atom. The summed E-state index contributed by atoms with van der Waals surface area (Å²) in [6, 6.07) is 1.22. The molecule has 0 unspecified atom stereocenters. The van der Waals surface area contributed by atoms with Crippen LogP contribution < -0.4 is 15.4 Å². The van der Waals surface area contributed by atoms with Gasteiger partial charge in [0.2, 0.25) is 5.88 Å². The van der Waals surface area contributed by atoms with Gasteiger partial charge in [-0.25, -0.2) is 19.7 Å². The number of hydrogen-bond donors (Lipinski definition) is 2. The van der Waals surface area contributed by atoms with Crippen molar-refractivity contribution in [2.75, 3.05) is 17.2 Å². The van der Waals surface area contributed by atoms with Gasteiger partial charge in [0.15, 0.2) is 0 Å². The third kappa shape index (κ3) is 3.81. The first-order valence-corrected chi connectivity index (χ1v) is 9.87. The Kier molecular flexibility index (Phi) is 4.84. The molecule has 0 spiro atoms. The number of amides is 2. The molecule has 4 rings (SSSR count). The summed E-state index contributed by atoms with van der Waals surface area (Å²) in [6.45, 7) is 4.28. The molecular formula is C18H18ClN5O2S. The fourth-order valence-electron chi connectivity index (χ4n) is 2.91. The average Bonchev–Trinajstić information content (AvgIpc) is 3.38. The van der Waals surface area contributed by atoms with E-state index in [0.29, 0.717) is 34.8 Å². The maximum Gasteiger partial charge on any atom is 0.323 e. The van der Waals surface area contributed by atoms with Crippen molar-refractivity contribution in [2.24, 2.45) is 0 Å². The molecule has 1 aliphatic rings. The summed E-state index contributed by atoms with van der Waals surface area (Å²) >= 11 is 7.68. The number of urea groups is 1. The summed E-state index contributed by atoms with van der Waals surface area (Å²) < 4.78 is 5.30. The maximum absolute atomic E-state index is 12.5. The van der Waals surface area contributed by atoms with Crippen molar-refractivity contribution < 1.29 is 9.53 Å². The number of aryl methyl sites for hydroxylation is 1. The van der Waals surface area contributed by atoms with Crippen LogP contribution in [0.3, 0.4) is 0 Å². The third-order valence-electron chi connectivity index (χ3n) is 4.15. The molecule has 0 saturated heterocycles. The van der Waals surface area contributed by atoms with E-state index in [2.05, 4.69) is 25.6 Å². The lowest BCUT2D eigenvalue weighted by Crippen LogP contribution is -2.20. The van der Waals surface area contributed by atoms with Crippen LogP contribution in [0, 0.1) is 6.92 Å². The van der Waals surface area contributed by atoms with E-state index in [1.165, 1.54) is 6.20 Å². The molecule has 9 heteroatoms. The zero-order valence-corrected chi connectivity index (χ0v) is 16.4. The standard InChI is InChI=1S/C18H18ClN5O2S/c1-3-26-16-12(19)6-11(7-20-16)23-18(25)24-13-8-21-17-15(22-9(2)27-17)14(13)10-4-5-10/h6-8,10H,3-5H2,1-2H3,(H2,23,24,25). The predicted octanol–water partition coefficient (Wildman–Crippen LogP) is 4.97. The third-order valence-corrected chi connectivity index (χ3v) is 5.30. The summed E-state index contributed by atoms with van der Waals surface area (Å²) in [6.07, 6.45) is 5.41.